The normalized spacial score (nSPS) is 13.4. The fourth-order valence-electron chi connectivity index (χ4n) is 4.29. The Morgan fingerprint density at radius 3 is 2.32 bits per heavy atom. The van der Waals surface area contributed by atoms with Crippen molar-refractivity contribution in [3.05, 3.63) is 70.2 Å². The molecular formula is C28H31Cl2N5O3. The van der Waals surface area contributed by atoms with Crippen LogP contribution in [0.5, 0.6) is 5.75 Å². The smallest absolute Gasteiger partial charge is 0.255 e. The van der Waals surface area contributed by atoms with E-state index in [9.17, 15) is 9.59 Å². The summed E-state index contributed by atoms with van der Waals surface area (Å²) in [6, 6.07) is 16.4. The van der Waals surface area contributed by atoms with Gasteiger partial charge in [0.25, 0.3) is 5.91 Å². The second-order valence-corrected chi connectivity index (χ2v) is 9.92. The van der Waals surface area contributed by atoms with Crippen LogP contribution in [-0.2, 0) is 4.79 Å². The second kappa shape index (κ2) is 12.9. The van der Waals surface area contributed by atoms with E-state index in [0.29, 0.717) is 43.3 Å². The third-order valence-electron chi connectivity index (χ3n) is 6.55. The Hall–Kier alpha value is -3.36. The Balaban J connectivity index is 1.35. The van der Waals surface area contributed by atoms with E-state index in [4.69, 9.17) is 27.9 Å². The highest BCUT2D eigenvalue weighted by molar-refractivity contribution is 6.36. The molecule has 10 heteroatoms. The zero-order valence-electron chi connectivity index (χ0n) is 21.6. The summed E-state index contributed by atoms with van der Waals surface area (Å²) in [6.45, 7) is 4.88. The predicted octanol–water partition coefficient (Wildman–Crippen LogP) is 5.05. The van der Waals surface area contributed by atoms with Gasteiger partial charge in [0.05, 0.1) is 23.4 Å². The van der Waals surface area contributed by atoms with Crippen LogP contribution in [0, 0.1) is 0 Å². The van der Waals surface area contributed by atoms with Gasteiger partial charge in [-0.05, 0) is 61.0 Å². The van der Waals surface area contributed by atoms with E-state index >= 15 is 0 Å². The number of hydrogen-bond donors (Lipinski definition) is 0. The molecule has 4 rings (SSSR count). The molecule has 0 atom stereocenters. The highest BCUT2D eigenvalue weighted by Crippen LogP contribution is 2.24. The lowest BCUT2D eigenvalue weighted by Gasteiger charge is -2.36. The molecule has 1 fully saturated rings. The van der Waals surface area contributed by atoms with Crippen LogP contribution in [0.4, 0.5) is 5.82 Å². The lowest BCUT2D eigenvalue weighted by molar-refractivity contribution is -0.132. The van der Waals surface area contributed by atoms with Crippen molar-refractivity contribution in [1.82, 2.24) is 20.0 Å². The minimum absolute atomic E-state index is 0.00809. The highest BCUT2D eigenvalue weighted by atomic mass is 35.5. The molecule has 2 aromatic carbocycles. The van der Waals surface area contributed by atoms with E-state index in [0.717, 1.165) is 35.7 Å². The molecule has 2 amide bonds. The van der Waals surface area contributed by atoms with Gasteiger partial charge in [0.2, 0.25) is 5.91 Å². The van der Waals surface area contributed by atoms with Gasteiger partial charge in [0.1, 0.15) is 12.3 Å². The summed E-state index contributed by atoms with van der Waals surface area (Å²) in [4.78, 5) is 31.8. The first kappa shape index (κ1) is 27.7. The van der Waals surface area contributed by atoms with Crippen molar-refractivity contribution in [3.8, 4) is 17.0 Å². The van der Waals surface area contributed by atoms with Crippen LogP contribution >= 0.6 is 23.2 Å². The lowest BCUT2D eigenvalue weighted by Crippen LogP contribution is -2.52. The van der Waals surface area contributed by atoms with Crippen LogP contribution in [0.3, 0.4) is 0 Å². The molecule has 8 nitrogen and oxygen atoms in total. The molecule has 200 valence electrons. The van der Waals surface area contributed by atoms with Crippen LogP contribution in [0.2, 0.25) is 10.0 Å². The number of nitrogens with zero attached hydrogens (tertiary/aromatic N) is 5. The van der Waals surface area contributed by atoms with E-state index in [-0.39, 0.29) is 23.4 Å². The van der Waals surface area contributed by atoms with Crippen molar-refractivity contribution < 1.29 is 14.3 Å². The number of ether oxygens (including phenoxy) is 1. The Morgan fingerprint density at radius 1 is 0.974 bits per heavy atom. The van der Waals surface area contributed by atoms with E-state index in [1.165, 1.54) is 0 Å². The number of methoxy groups -OCH3 is 1. The highest BCUT2D eigenvalue weighted by Gasteiger charge is 2.26. The molecule has 0 bridgehead atoms. The zero-order chi connectivity index (χ0) is 27.1. The molecule has 0 aliphatic carbocycles. The molecular weight excluding hydrogens is 525 g/mol. The molecule has 0 radical (unpaired) electrons. The monoisotopic (exact) mass is 555 g/mol. The Bertz CT molecular complexity index is 1250. The van der Waals surface area contributed by atoms with Crippen molar-refractivity contribution in [2.24, 2.45) is 0 Å². The summed E-state index contributed by atoms with van der Waals surface area (Å²) >= 11 is 12.3. The van der Waals surface area contributed by atoms with E-state index in [1.54, 1.807) is 35.1 Å². The molecule has 1 aromatic heterocycles. The van der Waals surface area contributed by atoms with E-state index < -0.39 is 0 Å². The summed E-state index contributed by atoms with van der Waals surface area (Å²) in [5.41, 5.74) is 2.09. The number of anilines is 1. The van der Waals surface area contributed by atoms with Crippen LogP contribution in [0.1, 0.15) is 30.1 Å². The summed E-state index contributed by atoms with van der Waals surface area (Å²) in [5, 5.41) is 9.54. The fraction of sp³-hybridized carbons (Fsp3) is 0.357. The number of carbonyl (C=O) groups excluding carboxylic acids is 2. The molecule has 0 spiro atoms. The van der Waals surface area contributed by atoms with E-state index in [1.807, 2.05) is 43.3 Å². The first-order valence-electron chi connectivity index (χ1n) is 12.6. The number of carbonyl (C=O) groups is 2. The molecule has 0 N–H and O–H groups in total. The number of rotatable bonds is 9. The molecule has 1 aliphatic heterocycles. The summed E-state index contributed by atoms with van der Waals surface area (Å²) < 4.78 is 5.21. The molecule has 1 aliphatic rings. The van der Waals surface area contributed by atoms with Gasteiger partial charge in [0.15, 0.2) is 5.82 Å². The number of aromatic nitrogens is 2. The van der Waals surface area contributed by atoms with Crippen LogP contribution in [0.15, 0.2) is 54.6 Å². The maximum atomic E-state index is 13.2. The summed E-state index contributed by atoms with van der Waals surface area (Å²) in [7, 11) is 1.64. The van der Waals surface area contributed by atoms with Crippen molar-refractivity contribution in [2.45, 2.75) is 19.8 Å². The van der Waals surface area contributed by atoms with Gasteiger partial charge >= 0.3 is 0 Å². The second-order valence-electron chi connectivity index (χ2n) is 9.08. The summed E-state index contributed by atoms with van der Waals surface area (Å²) in [6.07, 6.45) is 1.70. The number of halogens is 2. The van der Waals surface area contributed by atoms with Crippen LogP contribution < -0.4 is 9.64 Å². The molecule has 0 unspecified atom stereocenters. The third-order valence-corrected chi connectivity index (χ3v) is 7.10. The van der Waals surface area contributed by atoms with Gasteiger partial charge in [-0.3, -0.25) is 9.59 Å². The van der Waals surface area contributed by atoms with Crippen molar-refractivity contribution in [2.75, 3.05) is 51.3 Å². The average molecular weight is 556 g/mol. The first-order chi connectivity index (χ1) is 18.4. The van der Waals surface area contributed by atoms with Gasteiger partial charge in [-0.15, -0.1) is 10.2 Å². The average Bonchev–Trinajstić information content (AvgIpc) is 2.95. The molecule has 2 heterocycles. The van der Waals surface area contributed by atoms with Gasteiger partial charge in [-0.1, -0.05) is 36.5 Å². The number of hydrogen-bond acceptors (Lipinski definition) is 6. The SMILES string of the molecule is CCCCN(CC(=O)N1CCN(c2ccc(-c3ccc(OC)cc3)nn2)CC1)C(=O)c1ccc(Cl)cc1Cl. The van der Waals surface area contributed by atoms with Gasteiger partial charge in [-0.2, -0.15) is 0 Å². The Morgan fingerprint density at radius 2 is 1.71 bits per heavy atom. The van der Waals surface area contributed by atoms with Gasteiger partial charge in [-0.25, -0.2) is 0 Å². The van der Waals surface area contributed by atoms with Crippen molar-refractivity contribution in [1.29, 1.82) is 0 Å². The maximum Gasteiger partial charge on any atom is 0.255 e. The quantitative estimate of drug-likeness (QED) is 0.367. The minimum Gasteiger partial charge on any atom is -0.497 e. The molecule has 1 saturated heterocycles. The standard InChI is InChI=1S/C28H31Cl2N5O3/c1-3-4-13-35(28(37)23-10-7-21(29)18-24(23)30)19-27(36)34-16-14-33(15-17-34)26-12-11-25(31-32-26)20-5-8-22(38-2)9-6-20/h5-12,18H,3-4,13-17,19H2,1-2H3. The maximum absolute atomic E-state index is 13.2. The molecule has 38 heavy (non-hydrogen) atoms. The lowest BCUT2D eigenvalue weighted by atomic mass is 10.1. The fourth-order valence-corrected chi connectivity index (χ4v) is 4.78. The first-order valence-corrected chi connectivity index (χ1v) is 13.4. The molecule has 3 aromatic rings. The summed E-state index contributed by atoms with van der Waals surface area (Å²) in [5.74, 6) is 1.21. The largest absolute Gasteiger partial charge is 0.497 e. The predicted molar refractivity (Wildman–Crippen MR) is 150 cm³/mol. The Kier molecular flexibility index (Phi) is 9.42. The minimum atomic E-state index is -0.265. The van der Waals surface area contributed by atoms with Crippen LogP contribution in [-0.4, -0.2) is 78.2 Å². The number of amides is 2. The number of piperazine rings is 1. The van der Waals surface area contributed by atoms with Crippen LogP contribution in [0.25, 0.3) is 11.3 Å². The Labute approximate surface area is 233 Å². The van der Waals surface area contributed by atoms with Crippen molar-refractivity contribution >= 4 is 40.8 Å². The van der Waals surface area contributed by atoms with Gasteiger partial charge < -0.3 is 19.4 Å². The molecule has 0 saturated carbocycles. The van der Waals surface area contributed by atoms with Gasteiger partial charge in [0, 0.05) is 43.3 Å². The zero-order valence-corrected chi connectivity index (χ0v) is 23.1. The number of unbranched alkanes of at least 4 members (excludes halogenated alkanes) is 1. The number of benzene rings is 2. The topological polar surface area (TPSA) is 78.9 Å². The third kappa shape index (κ3) is 6.74. The van der Waals surface area contributed by atoms with E-state index in [2.05, 4.69) is 15.1 Å². The van der Waals surface area contributed by atoms with Crippen molar-refractivity contribution in [3.63, 3.8) is 0 Å².